The number of rotatable bonds is 14. The van der Waals surface area contributed by atoms with E-state index < -0.39 is 6.10 Å². The van der Waals surface area contributed by atoms with Crippen LogP contribution >= 0.6 is 0 Å². The molecule has 4 heteroatoms. The average molecular weight is 273 g/mol. The second-order valence-corrected chi connectivity index (χ2v) is 5.48. The maximum Gasteiger partial charge on any atom is 0.0897 e. The van der Waals surface area contributed by atoms with Gasteiger partial charge in [-0.05, 0) is 31.7 Å². The maximum absolute atomic E-state index is 9.68. The van der Waals surface area contributed by atoms with Crippen molar-refractivity contribution in [3.05, 3.63) is 0 Å². The molecule has 1 aliphatic carbocycles. The second kappa shape index (κ2) is 11.6. The van der Waals surface area contributed by atoms with Gasteiger partial charge in [-0.3, -0.25) is 0 Å². The minimum absolute atomic E-state index is 0.396. The average Bonchev–Trinajstić information content (AvgIpc) is 3.21. The smallest absolute Gasteiger partial charge is 0.0897 e. The first-order valence-electron chi connectivity index (χ1n) is 7.87. The Kier molecular flexibility index (Phi) is 10.4. The van der Waals surface area contributed by atoms with E-state index in [2.05, 4.69) is 12.2 Å². The molecule has 0 aromatic rings. The van der Waals surface area contributed by atoms with Crippen molar-refractivity contribution < 1.29 is 14.6 Å². The normalized spacial score (nSPS) is 16.7. The third-order valence-electron chi connectivity index (χ3n) is 3.37. The summed E-state index contributed by atoms with van der Waals surface area (Å²) >= 11 is 0. The van der Waals surface area contributed by atoms with E-state index in [-0.39, 0.29) is 0 Å². The van der Waals surface area contributed by atoms with Crippen molar-refractivity contribution >= 4 is 0 Å². The van der Waals surface area contributed by atoms with Crippen molar-refractivity contribution in [1.29, 1.82) is 0 Å². The zero-order valence-electron chi connectivity index (χ0n) is 12.4. The molecule has 0 amide bonds. The number of unbranched alkanes of at least 4 members (excludes halogenated alkanes) is 1. The Bertz CT molecular complexity index is 198. The number of hydrogen-bond acceptors (Lipinski definition) is 4. The fraction of sp³-hybridized carbons (Fsp3) is 1.00. The Morgan fingerprint density at radius 2 is 1.95 bits per heavy atom. The van der Waals surface area contributed by atoms with Crippen LogP contribution in [-0.4, -0.2) is 50.7 Å². The van der Waals surface area contributed by atoms with Gasteiger partial charge in [-0.25, -0.2) is 0 Å². The Morgan fingerprint density at radius 3 is 2.68 bits per heavy atom. The van der Waals surface area contributed by atoms with Gasteiger partial charge in [0.1, 0.15) is 0 Å². The zero-order valence-corrected chi connectivity index (χ0v) is 12.4. The van der Waals surface area contributed by atoms with Crippen LogP contribution in [0.5, 0.6) is 0 Å². The molecular formula is C15H31NO3. The summed E-state index contributed by atoms with van der Waals surface area (Å²) in [6, 6.07) is 0. The largest absolute Gasteiger partial charge is 0.389 e. The molecule has 1 unspecified atom stereocenters. The molecule has 1 aliphatic rings. The van der Waals surface area contributed by atoms with Gasteiger partial charge in [-0.2, -0.15) is 0 Å². The van der Waals surface area contributed by atoms with Crippen molar-refractivity contribution in [2.75, 3.05) is 39.5 Å². The molecular weight excluding hydrogens is 242 g/mol. The van der Waals surface area contributed by atoms with Gasteiger partial charge in [-0.15, -0.1) is 0 Å². The fourth-order valence-corrected chi connectivity index (χ4v) is 1.94. The number of aliphatic hydroxyl groups excluding tert-OH is 1. The van der Waals surface area contributed by atoms with Crippen LogP contribution in [0.2, 0.25) is 0 Å². The molecule has 1 saturated carbocycles. The van der Waals surface area contributed by atoms with Gasteiger partial charge in [-0.1, -0.05) is 26.2 Å². The van der Waals surface area contributed by atoms with E-state index in [1.54, 1.807) is 0 Å². The van der Waals surface area contributed by atoms with E-state index in [1.165, 1.54) is 25.7 Å². The first-order valence-corrected chi connectivity index (χ1v) is 7.87. The van der Waals surface area contributed by atoms with Crippen LogP contribution in [0.1, 0.15) is 45.4 Å². The molecule has 0 radical (unpaired) electrons. The molecule has 1 rings (SSSR count). The standard InChI is InChI=1S/C15H31NO3/c1-2-3-9-18-10-11-19-13-15(17)12-16-8-4-5-14-6-7-14/h14-17H,2-13H2,1H3. The first kappa shape index (κ1) is 16.9. The summed E-state index contributed by atoms with van der Waals surface area (Å²) < 4.78 is 10.7. The molecule has 2 N–H and O–H groups in total. The summed E-state index contributed by atoms with van der Waals surface area (Å²) in [7, 11) is 0. The van der Waals surface area contributed by atoms with Gasteiger partial charge in [0.2, 0.25) is 0 Å². The number of ether oxygens (including phenoxy) is 2. The van der Waals surface area contributed by atoms with Crippen LogP contribution in [0, 0.1) is 5.92 Å². The molecule has 0 aromatic heterocycles. The molecule has 0 bridgehead atoms. The second-order valence-electron chi connectivity index (χ2n) is 5.48. The molecule has 0 heterocycles. The lowest BCUT2D eigenvalue weighted by Gasteiger charge is -2.12. The number of aliphatic hydroxyl groups is 1. The Labute approximate surface area is 117 Å². The predicted molar refractivity (Wildman–Crippen MR) is 77.4 cm³/mol. The minimum Gasteiger partial charge on any atom is -0.389 e. The molecule has 0 aliphatic heterocycles. The van der Waals surface area contributed by atoms with Crippen molar-refractivity contribution in [1.82, 2.24) is 5.32 Å². The van der Waals surface area contributed by atoms with E-state index in [0.29, 0.717) is 26.4 Å². The summed E-state index contributed by atoms with van der Waals surface area (Å²) in [4.78, 5) is 0. The van der Waals surface area contributed by atoms with Crippen LogP contribution in [-0.2, 0) is 9.47 Å². The predicted octanol–water partition coefficient (Wildman–Crippen LogP) is 1.96. The van der Waals surface area contributed by atoms with Crippen LogP contribution in [0.4, 0.5) is 0 Å². The molecule has 0 spiro atoms. The summed E-state index contributed by atoms with van der Waals surface area (Å²) in [6.45, 7) is 6.19. The van der Waals surface area contributed by atoms with Gasteiger partial charge in [0.25, 0.3) is 0 Å². The van der Waals surface area contributed by atoms with Crippen LogP contribution in [0.15, 0.2) is 0 Å². The Balaban J connectivity index is 1.73. The number of hydrogen-bond donors (Lipinski definition) is 2. The van der Waals surface area contributed by atoms with Gasteiger partial charge in [0, 0.05) is 13.2 Å². The summed E-state index contributed by atoms with van der Waals surface area (Å²) in [5.74, 6) is 1.00. The molecule has 1 atom stereocenters. The Hall–Kier alpha value is -0.160. The zero-order chi connectivity index (χ0) is 13.8. The van der Waals surface area contributed by atoms with E-state index in [4.69, 9.17) is 9.47 Å². The molecule has 4 nitrogen and oxygen atoms in total. The third kappa shape index (κ3) is 11.4. The van der Waals surface area contributed by atoms with E-state index in [1.807, 2.05) is 0 Å². The topological polar surface area (TPSA) is 50.7 Å². The van der Waals surface area contributed by atoms with Crippen molar-refractivity contribution in [2.45, 2.75) is 51.6 Å². The highest BCUT2D eigenvalue weighted by molar-refractivity contribution is 4.73. The van der Waals surface area contributed by atoms with E-state index in [0.717, 1.165) is 31.9 Å². The van der Waals surface area contributed by atoms with Crippen molar-refractivity contribution in [2.24, 2.45) is 5.92 Å². The lowest BCUT2D eigenvalue weighted by atomic mass is 10.2. The maximum atomic E-state index is 9.68. The quantitative estimate of drug-likeness (QED) is 0.475. The van der Waals surface area contributed by atoms with Gasteiger partial charge < -0.3 is 19.9 Å². The van der Waals surface area contributed by atoms with E-state index in [9.17, 15) is 5.11 Å². The lowest BCUT2D eigenvalue weighted by molar-refractivity contribution is 0.00396. The minimum atomic E-state index is -0.406. The van der Waals surface area contributed by atoms with E-state index >= 15 is 0 Å². The Morgan fingerprint density at radius 1 is 1.16 bits per heavy atom. The highest BCUT2D eigenvalue weighted by Gasteiger charge is 2.19. The van der Waals surface area contributed by atoms with Crippen LogP contribution < -0.4 is 5.32 Å². The fourth-order valence-electron chi connectivity index (χ4n) is 1.94. The van der Waals surface area contributed by atoms with Crippen LogP contribution in [0.3, 0.4) is 0 Å². The molecule has 114 valence electrons. The molecule has 1 fully saturated rings. The summed E-state index contributed by atoms with van der Waals surface area (Å²) in [5.41, 5.74) is 0. The monoisotopic (exact) mass is 273 g/mol. The van der Waals surface area contributed by atoms with Crippen molar-refractivity contribution in [3.63, 3.8) is 0 Å². The lowest BCUT2D eigenvalue weighted by Crippen LogP contribution is -2.31. The van der Waals surface area contributed by atoms with Crippen LogP contribution in [0.25, 0.3) is 0 Å². The number of nitrogens with one attached hydrogen (secondary N) is 1. The molecule has 0 saturated heterocycles. The molecule has 0 aromatic carbocycles. The third-order valence-corrected chi connectivity index (χ3v) is 3.37. The first-order chi connectivity index (χ1) is 9.33. The molecule has 19 heavy (non-hydrogen) atoms. The summed E-state index contributed by atoms with van der Waals surface area (Å²) in [5, 5.41) is 13.0. The highest BCUT2D eigenvalue weighted by atomic mass is 16.5. The SMILES string of the molecule is CCCCOCCOCC(O)CNCCCC1CC1. The highest BCUT2D eigenvalue weighted by Crippen LogP contribution is 2.33. The van der Waals surface area contributed by atoms with Gasteiger partial charge in [0.15, 0.2) is 0 Å². The summed E-state index contributed by atoms with van der Waals surface area (Å²) in [6.07, 6.45) is 7.28. The van der Waals surface area contributed by atoms with Crippen molar-refractivity contribution in [3.8, 4) is 0 Å². The van der Waals surface area contributed by atoms with Gasteiger partial charge >= 0.3 is 0 Å². The van der Waals surface area contributed by atoms with Gasteiger partial charge in [0.05, 0.1) is 25.9 Å².